The maximum atomic E-state index is 12.4. The van der Waals surface area contributed by atoms with E-state index in [1.54, 1.807) is 0 Å². The minimum absolute atomic E-state index is 0.273. The van der Waals surface area contributed by atoms with Crippen molar-refractivity contribution in [3.8, 4) is 5.75 Å². The van der Waals surface area contributed by atoms with Crippen LogP contribution >= 0.6 is 15.9 Å². The fourth-order valence-corrected chi connectivity index (χ4v) is 2.69. The molecule has 0 aliphatic heterocycles. The molecule has 0 amide bonds. The van der Waals surface area contributed by atoms with Gasteiger partial charge in [-0.1, -0.05) is 46.3 Å². The standard InChI is InChI=1S/C18H17BrO3/c19-15-7-9-16(10-8-15)22-18(11-4-12-18)17(20)21-13-14-5-2-1-3-6-14/h1-3,5-10H,4,11-13H2. The zero-order valence-corrected chi connectivity index (χ0v) is 13.7. The Bertz CT molecular complexity index is 633. The zero-order valence-electron chi connectivity index (χ0n) is 12.1. The minimum atomic E-state index is -0.817. The molecule has 1 fully saturated rings. The number of carbonyl (C=O) groups excluding carboxylic acids is 1. The van der Waals surface area contributed by atoms with E-state index in [1.807, 2.05) is 54.6 Å². The number of esters is 1. The summed E-state index contributed by atoms with van der Waals surface area (Å²) in [6, 6.07) is 17.2. The van der Waals surface area contributed by atoms with Gasteiger partial charge in [-0.2, -0.15) is 0 Å². The lowest BCUT2D eigenvalue weighted by Crippen LogP contribution is -2.51. The fraction of sp³-hybridized carbons (Fsp3) is 0.278. The van der Waals surface area contributed by atoms with Gasteiger partial charge in [-0.25, -0.2) is 4.79 Å². The molecule has 0 heterocycles. The third-order valence-corrected chi connectivity index (χ3v) is 4.40. The van der Waals surface area contributed by atoms with Gasteiger partial charge in [0.05, 0.1) is 0 Å². The Hall–Kier alpha value is -1.81. The van der Waals surface area contributed by atoms with Crippen molar-refractivity contribution in [2.75, 3.05) is 0 Å². The minimum Gasteiger partial charge on any atom is -0.476 e. The fourth-order valence-electron chi connectivity index (χ4n) is 2.43. The van der Waals surface area contributed by atoms with Gasteiger partial charge in [0, 0.05) is 4.47 Å². The van der Waals surface area contributed by atoms with Crippen molar-refractivity contribution in [1.82, 2.24) is 0 Å². The zero-order chi connectivity index (χ0) is 15.4. The third kappa shape index (κ3) is 3.33. The molecule has 4 heteroatoms. The normalized spacial score (nSPS) is 15.7. The van der Waals surface area contributed by atoms with E-state index in [9.17, 15) is 4.79 Å². The first-order valence-corrected chi connectivity index (χ1v) is 8.13. The Morgan fingerprint density at radius 3 is 2.32 bits per heavy atom. The second-order valence-electron chi connectivity index (χ2n) is 5.47. The van der Waals surface area contributed by atoms with Crippen LogP contribution in [0.5, 0.6) is 5.75 Å². The molecule has 2 aromatic carbocycles. The highest BCUT2D eigenvalue weighted by atomic mass is 79.9. The van der Waals surface area contributed by atoms with Crippen molar-refractivity contribution in [2.24, 2.45) is 0 Å². The summed E-state index contributed by atoms with van der Waals surface area (Å²) < 4.78 is 12.4. The van der Waals surface area contributed by atoms with E-state index in [-0.39, 0.29) is 12.6 Å². The van der Waals surface area contributed by atoms with Crippen LogP contribution in [0.4, 0.5) is 0 Å². The molecular weight excluding hydrogens is 344 g/mol. The molecule has 114 valence electrons. The van der Waals surface area contributed by atoms with Crippen molar-refractivity contribution in [2.45, 2.75) is 31.5 Å². The van der Waals surface area contributed by atoms with E-state index >= 15 is 0 Å². The van der Waals surface area contributed by atoms with Crippen molar-refractivity contribution in [3.63, 3.8) is 0 Å². The van der Waals surface area contributed by atoms with Crippen LogP contribution in [0.1, 0.15) is 24.8 Å². The van der Waals surface area contributed by atoms with Gasteiger partial charge in [-0.3, -0.25) is 0 Å². The Kier molecular flexibility index (Phi) is 4.48. The quantitative estimate of drug-likeness (QED) is 0.736. The summed E-state index contributed by atoms with van der Waals surface area (Å²) in [4.78, 5) is 12.4. The molecule has 1 aliphatic rings. The summed E-state index contributed by atoms with van der Waals surface area (Å²) >= 11 is 3.39. The SMILES string of the molecule is O=C(OCc1ccccc1)C1(Oc2ccc(Br)cc2)CCC1. The van der Waals surface area contributed by atoms with Crippen LogP contribution in [-0.4, -0.2) is 11.6 Å². The lowest BCUT2D eigenvalue weighted by Gasteiger charge is -2.39. The number of hydrogen-bond donors (Lipinski definition) is 0. The summed E-state index contributed by atoms with van der Waals surface area (Å²) in [5.74, 6) is 0.421. The number of rotatable bonds is 5. The van der Waals surface area contributed by atoms with Gasteiger partial charge < -0.3 is 9.47 Å². The van der Waals surface area contributed by atoms with Crippen LogP contribution < -0.4 is 4.74 Å². The molecule has 0 N–H and O–H groups in total. The van der Waals surface area contributed by atoms with Gasteiger partial charge in [0.25, 0.3) is 0 Å². The van der Waals surface area contributed by atoms with Crippen molar-refractivity contribution < 1.29 is 14.3 Å². The van der Waals surface area contributed by atoms with E-state index in [1.165, 1.54) is 0 Å². The highest BCUT2D eigenvalue weighted by molar-refractivity contribution is 9.10. The summed E-state index contributed by atoms with van der Waals surface area (Å²) in [7, 11) is 0. The lowest BCUT2D eigenvalue weighted by molar-refractivity contribution is -0.171. The molecule has 1 aliphatic carbocycles. The Labute approximate surface area is 138 Å². The first-order valence-electron chi connectivity index (χ1n) is 7.34. The molecule has 0 spiro atoms. The summed E-state index contributed by atoms with van der Waals surface area (Å²) in [6.45, 7) is 0.283. The van der Waals surface area contributed by atoms with Crippen LogP contribution in [0.3, 0.4) is 0 Å². The average molecular weight is 361 g/mol. The molecule has 22 heavy (non-hydrogen) atoms. The van der Waals surface area contributed by atoms with Crippen LogP contribution in [0.25, 0.3) is 0 Å². The summed E-state index contributed by atoms with van der Waals surface area (Å²) in [6.07, 6.45) is 2.39. The van der Waals surface area contributed by atoms with E-state index in [4.69, 9.17) is 9.47 Å². The Morgan fingerprint density at radius 1 is 1.05 bits per heavy atom. The van der Waals surface area contributed by atoms with E-state index in [2.05, 4.69) is 15.9 Å². The second-order valence-corrected chi connectivity index (χ2v) is 6.38. The number of halogens is 1. The van der Waals surface area contributed by atoms with Gasteiger partial charge in [0.2, 0.25) is 5.60 Å². The maximum Gasteiger partial charge on any atom is 0.350 e. The summed E-state index contributed by atoms with van der Waals surface area (Å²) in [5, 5.41) is 0. The first kappa shape index (κ1) is 15.1. The lowest BCUT2D eigenvalue weighted by atomic mass is 9.80. The van der Waals surface area contributed by atoms with E-state index in [0.29, 0.717) is 18.6 Å². The molecule has 2 aromatic rings. The van der Waals surface area contributed by atoms with Gasteiger partial charge in [-0.15, -0.1) is 0 Å². The molecule has 0 radical (unpaired) electrons. The topological polar surface area (TPSA) is 35.5 Å². The summed E-state index contributed by atoms with van der Waals surface area (Å²) in [5.41, 5.74) is 0.164. The van der Waals surface area contributed by atoms with Crippen LogP contribution in [0, 0.1) is 0 Å². The van der Waals surface area contributed by atoms with Gasteiger partial charge in [0.15, 0.2) is 0 Å². The highest BCUT2D eigenvalue weighted by Gasteiger charge is 2.48. The molecular formula is C18H17BrO3. The van der Waals surface area contributed by atoms with Crippen LogP contribution in [0.15, 0.2) is 59.1 Å². The molecule has 0 bridgehead atoms. The van der Waals surface area contributed by atoms with Crippen molar-refractivity contribution >= 4 is 21.9 Å². The predicted molar refractivity (Wildman–Crippen MR) is 87.6 cm³/mol. The number of ether oxygens (including phenoxy) is 2. The smallest absolute Gasteiger partial charge is 0.350 e. The molecule has 3 rings (SSSR count). The largest absolute Gasteiger partial charge is 0.476 e. The molecule has 1 saturated carbocycles. The number of hydrogen-bond acceptors (Lipinski definition) is 3. The highest BCUT2D eigenvalue weighted by Crippen LogP contribution is 2.38. The Balaban J connectivity index is 1.64. The number of carbonyl (C=O) groups is 1. The molecule has 0 unspecified atom stereocenters. The molecule has 0 atom stereocenters. The van der Waals surface area contributed by atoms with Crippen LogP contribution in [-0.2, 0) is 16.1 Å². The molecule has 3 nitrogen and oxygen atoms in total. The first-order chi connectivity index (χ1) is 10.7. The molecule has 0 saturated heterocycles. The third-order valence-electron chi connectivity index (χ3n) is 3.87. The predicted octanol–water partition coefficient (Wildman–Crippen LogP) is 4.49. The van der Waals surface area contributed by atoms with Gasteiger partial charge >= 0.3 is 5.97 Å². The Morgan fingerprint density at radius 2 is 1.73 bits per heavy atom. The maximum absolute atomic E-state index is 12.4. The number of benzene rings is 2. The van der Waals surface area contributed by atoms with E-state index < -0.39 is 5.60 Å². The monoisotopic (exact) mass is 360 g/mol. The van der Waals surface area contributed by atoms with Crippen LogP contribution in [0.2, 0.25) is 0 Å². The average Bonchev–Trinajstić information content (AvgIpc) is 2.51. The second kappa shape index (κ2) is 6.53. The van der Waals surface area contributed by atoms with Gasteiger partial charge in [-0.05, 0) is 49.1 Å². The van der Waals surface area contributed by atoms with Gasteiger partial charge in [0.1, 0.15) is 12.4 Å². The molecule has 0 aromatic heterocycles. The van der Waals surface area contributed by atoms with Crippen molar-refractivity contribution in [3.05, 3.63) is 64.6 Å². The van der Waals surface area contributed by atoms with E-state index in [0.717, 1.165) is 16.5 Å². The van der Waals surface area contributed by atoms with Crippen molar-refractivity contribution in [1.29, 1.82) is 0 Å².